The number of imidazole rings is 1. The van der Waals surface area contributed by atoms with Crippen molar-refractivity contribution < 1.29 is 18.9 Å². The summed E-state index contributed by atoms with van der Waals surface area (Å²) < 4.78 is 27.3. The number of hydrogen-bond donors (Lipinski definition) is 0. The molecular formula is C30H34ClN3O5. The Bertz CT molecular complexity index is 1450. The molecule has 206 valence electrons. The maximum atomic E-state index is 12.6. The lowest BCUT2D eigenvalue weighted by atomic mass is 10.1. The van der Waals surface area contributed by atoms with Crippen molar-refractivity contribution in [3.63, 3.8) is 0 Å². The van der Waals surface area contributed by atoms with Crippen LogP contribution in [0.4, 0.5) is 0 Å². The standard InChI is InChI=1S/C30H34ClN3O5/c1-32-27-8-3-4-9-28(27)34(29(32)35)15-17-38-25-12-10-23(11-13-25)19-33-14-16-37-21-30(20-33,36-2)22-39-26-7-5-6-24(31)18-26/h3-13,18H,14-17,19-22H2,1-2H3/t30-/m1/s1. The molecule has 5 rings (SSSR count). The zero-order valence-corrected chi connectivity index (χ0v) is 23.1. The lowest BCUT2D eigenvalue weighted by Gasteiger charge is -2.34. The molecule has 39 heavy (non-hydrogen) atoms. The highest BCUT2D eigenvalue weighted by molar-refractivity contribution is 6.30. The Morgan fingerprint density at radius 2 is 1.77 bits per heavy atom. The number of aromatic nitrogens is 2. The van der Waals surface area contributed by atoms with E-state index in [1.54, 1.807) is 29.4 Å². The molecule has 1 fully saturated rings. The van der Waals surface area contributed by atoms with Gasteiger partial charge in [-0.1, -0.05) is 41.9 Å². The molecule has 1 atom stereocenters. The van der Waals surface area contributed by atoms with Crippen LogP contribution < -0.4 is 15.2 Å². The number of hydrogen-bond acceptors (Lipinski definition) is 6. The zero-order valence-electron chi connectivity index (χ0n) is 22.3. The summed E-state index contributed by atoms with van der Waals surface area (Å²) in [6, 6.07) is 23.2. The molecule has 0 aliphatic carbocycles. The van der Waals surface area contributed by atoms with Crippen LogP contribution >= 0.6 is 11.6 Å². The summed E-state index contributed by atoms with van der Waals surface area (Å²) in [7, 11) is 3.49. The number of benzene rings is 3. The summed E-state index contributed by atoms with van der Waals surface area (Å²) >= 11 is 6.10. The second-order valence-electron chi connectivity index (χ2n) is 9.87. The topological polar surface area (TPSA) is 67.1 Å². The van der Waals surface area contributed by atoms with Crippen molar-refractivity contribution in [3.05, 3.63) is 93.9 Å². The molecule has 0 N–H and O–H groups in total. The first kappa shape index (κ1) is 27.3. The van der Waals surface area contributed by atoms with E-state index in [-0.39, 0.29) is 5.69 Å². The molecule has 0 spiro atoms. The third-order valence-electron chi connectivity index (χ3n) is 7.12. The van der Waals surface area contributed by atoms with Crippen LogP contribution in [0, 0.1) is 0 Å². The zero-order chi connectivity index (χ0) is 27.2. The number of methoxy groups -OCH3 is 1. The van der Waals surface area contributed by atoms with E-state index in [0.29, 0.717) is 50.3 Å². The highest BCUT2D eigenvalue weighted by Gasteiger charge is 2.36. The molecule has 4 aromatic rings. The fraction of sp³-hybridized carbons (Fsp3) is 0.367. The maximum Gasteiger partial charge on any atom is 0.328 e. The van der Waals surface area contributed by atoms with Crippen LogP contribution in [0.15, 0.2) is 77.6 Å². The van der Waals surface area contributed by atoms with Crippen LogP contribution in [-0.2, 0) is 29.6 Å². The van der Waals surface area contributed by atoms with Gasteiger partial charge in [0.15, 0.2) is 0 Å². The summed E-state index contributed by atoms with van der Waals surface area (Å²) in [5, 5.41) is 0.632. The molecule has 1 aliphatic heterocycles. The van der Waals surface area contributed by atoms with Crippen molar-refractivity contribution in [2.75, 3.05) is 46.6 Å². The highest BCUT2D eigenvalue weighted by atomic mass is 35.5. The first-order valence-electron chi connectivity index (χ1n) is 13.1. The van der Waals surface area contributed by atoms with Crippen molar-refractivity contribution in [3.8, 4) is 11.5 Å². The third-order valence-corrected chi connectivity index (χ3v) is 7.36. The van der Waals surface area contributed by atoms with Gasteiger partial charge in [-0.3, -0.25) is 14.0 Å². The molecule has 3 aromatic carbocycles. The number of ether oxygens (including phenoxy) is 4. The molecular weight excluding hydrogens is 518 g/mol. The van der Waals surface area contributed by atoms with Gasteiger partial charge in [0.2, 0.25) is 0 Å². The Balaban J connectivity index is 1.17. The van der Waals surface area contributed by atoms with E-state index < -0.39 is 5.60 Å². The number of para-hydroxylation sites is 2. The summed E-state index contributed by atoms with van der Waals surface area (Å²) in [6.07, 6.45) is 0. The minimum Gasteiger partial charge on any atom is -0.492 e. The molecule has 0 unspecified atom stereocenters. The predicted octanol–water partition coefficient (Wildman–Crippen LogP) is 4.37. The normalized spacial score (nSPS) is 18.2. The Kier molecular flexibility index (Phi) is 8.57. The number of aryl methyl sites for hydroxylation is 1. The van der Waals surface area contributed by atoms with E-state index in [1.807, 2.05) is 54.6 Å². The lowest BCUT2D eigenvalue weighted by molar-refractivity contribution is -0.0925. The van der Waals surface area contributed by atoms with E-state index in [9.17, 15) is 4.79 Å². The van der Waals surface area contributed by atoms with Gasteiger partial charge < -0.3 is 18.9 Å². The average Bonchev–Trinajstić information content (AvgIpc) is 3.07. The lowest BCUT2D eigenvalue weighted by Crippen LogP contribution is -2.50. The number of rotatable bonds is 10. The van der Waals surface area contributed by atoms with Gasteiger partial charge in [0, 0.05) is 38.8 Å². The van der Waals surface area contributed by atoms with Gasteiger partial charge >= 0.3 is 5.69 Å². The smallest absolute Gasteiger partial charge is 0.328 e. The summed E-state index contributed by atoms with van der Waals surface area (Å²) in [6.45, 7) is 4.52. The minimum atomic E-state index is -0.596. The fourth-order valence-corrected chi connectivity index (χ4v) is 5.12. The van der Waals surface area contributed by atoms with E-state index in [0.717, 1.165) is 35.4 Å². The fourth-order valence-electron chi connectivity index (χ4n) is 4.94. The number of fused-ring (bicyclic) bond motifs is 1. The molecule has 9 heteroatoms. The van der Waals surface area contributed by atoms with Crippen molar-refractivity contribution in [1.29, 1.82) is 0 Å². The Morgan fingerprint density at radius 3 is 2.54 bits per heavy atom. The molecule has 1 aromatic heterocycles. The van der Waals surface area contributed by atoms with Crippen LogP contribution in [0.1, 0.15) is 5.56 Å². The second-order valence-corrected chi connectivity index (χ2v) is 10.3. The van der Waals surface area contributed by atoms with E-state index in [1.165, 1.54) is 0 Å². The van der Waals surface area contributed by atoms with Crippen LogP contribution in [0.5, 0.6) is 11.5 Å². The molecule has 1 aliphatic rings. The molecule has 0 radical (unpaired) electrons. The summed E-state index contributed by atoms with van der Waals surface area (Å²) in [5.41, 5.74) is 2.36. The predicted molar refractivity (Wildman–Crippen MR) is 152 cm³/mol. The molecule has 0 amide bonds. The number of halogens is 1. The Morgan fingerprint density at radius 1 is 0.974 bits per heavy atom. The largest absolute Gasteiger partial charge is 0.492 e. The Labute approximate surface area is 233 Å². The van der Waals surface area contributed by atoms with Gasteiger partial charge in [-0.25, -0.2) is 4.79 Å². The van der Waals surface area contributed by atoms with Gasteiger partial charge in [0.25, 0.3) is 0 Å². The monoisotopic (exact) mass is 551 g/mol. The van der Waals surface area contributed by atoms with E-state index >= 15 is 0 Å². The molecule has 1 saturated heterocycles. The van der Waals surface area contributed by atoms with Crippen molar-refractivity contribution in [2.24, 2.45) is 7.05 Å². The summed E-state index contributed by atoms with van der Waals surface area (Å²) in [5.74, 6) is 1.48. The Hall–Kier alpha value is -3.30. The quantitative estimate of drug-likeness (QED) is 0.292. The third kappa shape index (κ3) is 6.47. The molecule has 0 bridgehead atoms. The van der Waals surface area contributed by atoms with Gasteiger partial charge in [-0.2, -0.15) is 0 Å². The van der Waals surface area contributed by atoms with Crippen LogP contribution in [0.2, 0.25) is 5.02 Å². The number of nitrogens with zero attached hydrogens (tertiary/aromatic N) is 3. The van der Waals surface area contributed by atoms with Gasteiger partial charge in [0.05, 0.1) is 30.8 Å². The van der Waals surface area contributed by atoms with Crippen molar-refractivity contribution >= 4 is 22.6 Å². The van der Waals surface area contributed by atoms with Gasteiger partial charge in [-0.05, 0) is 48.0 Å². The first-order valence-corrected chi connectivity index (χ1v) is 13.4. The van der Waals surface area contributed by atoms with Gasteiger partial charge in [0.1, 0.15) is 30.3 Å². The highest BCUT2D eigenvalue weighted by Crippen LogP contribution is 2.23. The van der Waals surface area contributed by atoms with E-state index in [4.69, 9.17) is 30.5 Å². The molecule has 8 nitrogen and oxygen atoms in total. The van der Waals surface area contributed by atoms with E-state index in [2.05, 4.69) is 17.0 Å². The van der Waals surface area contributed by atoms with Crippen LogP contribution in [-0.4, -0.2) is 66.3 Å². The molecule has 0 saturated carbocycles. The van der Waals surface area contributed by atoms with Gasteiger partial charge in [-0.15, -0.1) is 0 Å². The van der Waals surface area contributed by atoms with Crippen LogP contribution in [0.25, 0.3) is 11.0 Å². The SMILES string of the molecule is CO[C@@]1(COc2cccc(Cl)c2)COCCN(Cc2ccc(OCCn3c(=O)n(C)c4ccccc43)cc2)C1. The average molecular weight is 552 g/mol. The minimum absolute atomic E-state index is 0.0401. The first-order chi connectivity index (χ1) is 19.0. The maximum absolute atomic E-state index is 12.6. The van der Waals surface area contributed by atoms with Crippen molar-refractivity contribution in [1.82, 2.24) is 14.0 Å². The van der Waals surface area contributed by atoms with Crippen molar-refractivity contribution in [2.45, 2.75) is 18.7 Å². The summed E-state index contributed by atoms with van der Waals surface area (Å²) in [4.78, 5) is 14.9. The van der Waals surface area contributed by atoms with Crippen LogP contribution in [0.3, 0.4) is 0 Å². The molecule has 2 heterocycles. The second kappa shape index (κ2) is 12.3.